The first-order valence-electron chi connectivity index (χ1n) is 8.53. The molecule has 3 rings (SSSR count). The number of benzene rings is 1. The number of likely N-dealkylation sites (tertiary alicyclic amines) is 1. The van der Waals surface area contributed by atoms with Gasteiger partial charge in [0.15, 0.2) is 5.79 Å². The number of rotatable bonds is 5. The molecule has 0 unspecified atom stereocenters. The van der Waals surface area contributed by atoms with Crippen LogP contribution in [-0.4, -0.2) is 54.4 Å². The van der Waals surface area contributed by atoms with E-state index >= 15 is 0 Å². The number of hydrogen-bond donors (Lipinski definition) is 1. The van der Waals surface area contributed by atoms with E-state index in [2.05, 4.69) is 10.2 Å². The van der Waals surface area contributed by atoms with Gasteiger partial charge in [0.25, 0.3) is 5.69 Å². The molecule has 1 N–H and O–H groups in total. The van der Waals surface area contributed by atoms with Crippen LogP contribution in [0.5, 0.6) is 0 Å². The third kappa shape index (κ3) is 4.33. The van der Waals surface area contributed by atoms with E-state index in [0.717, 1.165) is 44.5 Å². The van der Waals surface area contributed by atoms with Crippen LogP contribution in [0.4, 0.5) is 11.4 Å². The Morgan fingerprint density at radius 3 is 2.60 bits per heavy atom. The highest BCUT2D eigenvalue weighted by Crippen LogP contribution is 2.31. The molecule has 1 aromatic carbocycles. The predicted octanol–water partition coefficient (Wildman–Crippen LogP) is 1.93. The second-order valence-electron chi connectivity index (χ2n) is 6.49. The first kappa shape index (κ1) is 17.8. The number of nitro groups is 1. The van der Waals surface area contributed by atoms with Crippen LogP contribution in [0.15, 0.2) is 18.2 Å². The first-order valence-corrected chi connectivity index (χ1v) is 8.53. The minimum Gasteiger partial charge on any atom is -0.347 e. The summed E-state index contributed by atoms with van der Waals surface area (Å²) in [4.78, 5) is 24.2. The number of ether oxygens (including phenoxy) is 2. The van der Waals surface area contributed by atoms with E-state index < -0.39 is 4.92 Å². The van der Waals surface area contributed by atoms with Gasteiger partial charge < -0.3 is 19.7 Å². The molecule has 0 radical (unpaired) electrons. The van der Waals surface area contributed by atoms with Gasteiger partial charge in [-0.2, -0.15) is 0 Å². The molecule has 1 aromatic rings. The molecule has 136 valence electrons. The molecule has 2 heterocycles. The molecule has 8 heteroatoms. The molecule has 8 nitrogen and oxygen atoms in total. The number of carbonyl (C=O) groups is 1. The van der Waals surface area contributed by atoms with Crippen LogP contribution in [-0.2, 0) is 20.7 Å². The lowest BCUT2D eigenvalue weighted by atomic mass is 10.0. The van der Waals surface area contributed by atoms with Crippen molar-refractivity contribution in [2.24, 2.45) is 0 Å². The molecule has 2 aliphatic heterocycles. The fraction of sp³-hybridized carbons (Fsp3) is 0.588. The third-order valence-corrected chi connectivity index (χ3v) is 4.72. The fourth-order valence-electron chi connectivity index (χ4n) is 3.37. The van der Waals surface area contributed by atoms with Crippen LogP contribution < -0.4 is 5.32 Å². The van der Waals surface area contributed by atoms with E-state index in [4.69, 9.17) is 9.47 Å². The maximum absolute atomic E-state index is 11.2. The fourth-order valence-corrected chi connectivity index (χ4v) is 3.37. The lowest BCUT2D eigenvalue weighted by Crippen LogP contribution is -2.45. The van der Waals surface area contributed by atoms with Gasteiger partial charge >= 0.3 is 0 Å². The van der Waals surface area contributed by atoms with Crippen molar-refractivity contribution in [1.82, 2.24) is 4.90 Å². The lowest BCUT2D eigenvalue weighted by Gasteiger charge is -2.37. The summed E-state index contributed by atoms with van der Waals surface area (Å²) in [5.74, 6) is -0.704. The molecule has 25 heavy (non-hydrogen) atoms. The summed E-state index contributed by atoms with van der Waals surface area (Å²) in [6.45, 7) is 5.29. The second-order valence-corrected chi connectivity index (χ2v) is 6.49. The van der Waals surface area contributed by atoms with Crippen molar-refractivity contribution in [3.8, 4) is 0 Å². The zero-order valence-electron chi connectivity index (χ0n) is 14.3. The number of piperidine rings is 1. The average molecular weight is 349 g/mol. The minimum absolute atomic E-state index is 0.0712. The Bertz CT molecular complexity index is 648. The monoisotopic (exact) mass is 349 g/mol. The second kappa shape index (κ2) is 7.47. The van der Waals surface area contributed by atoms with Crippen LogP contribution in [0.25, 0.3) is 0 Å². The molecular formula is C17H23N3O5. The van der Waals surface area contributed by atoms with Crippen LogP contribution in [0, 0.1) is 10.1 Å². The number of nitro benzene ring substituents is 1. The highest BCUT2D eigenvalue weighted by molar-refractivity contribution is 5.91. The molecule has 2 saturated heterocycles. The Hall–Kier alpha value is -2.03. The molecule has 0 atom stereocenters. The van der Waals surface area contributed by atoms with E-state index in [-0.39, 0.29) is 23.1 Å². The molecular weight excluding hydrogens is 326 g/mol. The summed E-state index contributed by atoms with van der Waals surface area (Å²) in [6.07, 6.45) is 2.43. The van der Waals surface area contributed by atoms with Gasteiger partial charge in [0.05, 0.1) is 18.1 Å². The van der Waals surface area contributed by atoms with Gasteiger partial charge in [0.2, 0.25) is 5.91 Å². The molecule has 2 fully saturated rings. The van der Waals surface area contributed by atoms with Crippen molar-refractivity contribution in [2.45, 2.75) is 32.0 Å². The van der Waals surface area contributed by atoms with E-state index in [1.54, 1.807) is 12.1 Å². The van der Waals surface area contributed by atoms with Crippen molar-refractivity contribution < 1.29 is 19.2 Å². The smallest absolute Gasteiger partial charge is 0.293 e. The summed E-state index contributed by atoms with van der Waals surface area (Å²) in [7, 11) is 0. The zero-order valence-corrected chi connectivity index (χ0v) is 14.3. The largest absolute Gasteiger partial charge is 0.347 e. The molecule has 1 spiro atoms. The number of amides is 1. The van der Waals surface area contributed by atoms with E-state index in [9.17, 15) is 14.9 Å². The van der Waals surface area contributed by atoms with Gasteiger partial charge in [-0.25, -0.2) is 0 Å². The number of anilines is 1. The van der Waals surface area contributed by atoms with Crippen molar-refractivity contribution in [3.05, 3.63) is 33.9 Å². The summed E-state index contributed by atoms with van der Waals surface area (Å²) in [6, 6.07) is 4.97. The number of nitrogens with one attached hydrogen (secondary N) is 1. The number of hydrogen-bond acceptors (Lipinski definition) is 6. The van der Waals surface area contributed by atoms with Gasteiger partial charge in [-0.15, -0.1) is 0 Å². The van der Waals surface area contributed by atoms with E-state index in [1.165, 1.54) is 6.92 Å². The van der Waals surface area contributed by atoms with Crippen molar-refractivity contribution in [2.75, 3.05) is 38.2 Å². The maximum atomic E-state index is 11.2. The van der Waals surface area contributed by atoms with Crippen molar-refractivity contribution in [1.29, 1.82) is 0 Å². The van der Waals surface area contributed by atoms with Gasteiger partial charge in [0.1, 0.15) is 5.69 Å². The predicted molar refractivity (Wildman–Crippen MR) is 91.4 cm³/mol. The minimum atomic E-state index is -0.464. The average Bonchev–Trinajstić information content (AvgIpc) is 3.03. The van der Waals surface area contributed by atoms with E-state index in [1.807, 2.05) is 6.07 Å². The molecule has 0 aromatic heterocycles. The molecule has 2 aliphatic rings. The SMILES string of the molecule is CC(=O)Nc1ccc(CCN2CCC3(CC2)OCCO3)cc1[N+](=O)[O-]. The summed E-state index contributed by atoms with van der Waals surface area (Å²) < 4.78 is 11.4. The normalized spacial score (nSPS) is 19.9. The van der Waals surface area contributed by atoms with Crippen LogP contribution >= 0.6 is 0 Å². The van der Waals surface area contributed by atoms with Crippen molar-refractivity contribution in [3.63, 3.8) is 0 Å². The van der Waals surface area contributed by atoms with Crippen LogP contribution in [0.2, 0.25) is 0 Å². The molecule has 0 bridgehead atoms. The lowest BCUT2D eigenvalue weighted by molar-refractivity contribution is -0.384. The highest BCUT2D eigenvalue weighted by Gasteiger charge is 2.39. The Balaban J connectivity index is 1.57. The summed E-state index contributed by atoms with van der Waals surface area (Å²) in [5, 5.41) is 13.7. The number of carbonyl (C=O) groups excluding carboxylic acids is 1. The summed E-state index contributed by atoms with van der Waals surface area (Å²) in [5.41, 5.74) is 1.05. The van der Waals surface area contributed by atoms with Gasteiger partial charge in [0, 0.05) is 45.5 Å². The molecule has 0 aliphatic carbocycles. The Kier molecular flexibility index (Phi) is 5.31. The topological polar surface area (TPSA) is 93.9 Å². The van der Waals surface area contributed by atoms with E-state index in [0.29, 0.717) is 13.2 Å². The maximum Gasteiger partial charge on any atom is 0.293 e. The quantitative estimate of drug-likeness (QED) is 0.645. The van der Waals surface area contributed by atoms with Crippen LogP contribution in [0.3, 0.4) is 0 Å². The van der Waals surface area contributed by atoms with Gasteiger partial charge in [-0.3, -0.25) is 14.9 Å². The van der Waals surface area contributed by atoms with Gasteiger partial charge in [-0.05, 0) is 18.1 Å². The zero-order chi connectivity index (χ0) is 17.9. The Morgan fingerprint density at radius 2 is 2.00 bits per heavy atom. The molecule has 0 saturated carbocycles. The highest BCUT2D eigenvalue weighted by atomic mass is 16.7. The summed E-state index contributed by atoms with van der Waals surface area (Å²) >= 11 is 0. The first-order chi connectivity index (χ1) is 12.0. The Labute approximate surface area is 146 Å². The molecule has 1 amide bonds. The van der Waals surface area contributed by atoms with Crippen molar-refractivity contribution >= 4 is 17.3 Å². The van der Waals surface area contributed by atoms with Crippen LogP contribution in [0.1, 0.15) is 25.3 Å². The Morgan fingerprint density at radius 1 is 1.32 bits per heavy atom. The standard InChI is InChI=1S/C17H23N3O5/c1-13(21)18-15-3-2-14(12-16(15)20(22)23)4-7-19-8-5-17(6-9-19)24-10-11-25-17/h2-3,12H,4-11H2,1H3,(H,18,21). The number of nitrogens with zero attached hydrogens (tertiary/aromatic N) is 2. The van der Waals surface area contributed by atoms with Gasteiger partial charge in [-0.1, -0.05) is 6.07 Å². The third-order valence-electron chi connectivity index (χ3n) is 4.72.